The highest BCUT2D eigenvalue weighted by Gasteiger charge is 2.12. The summed E-state index contributed by atoms with van der Waals surface area (Å²) in [6, 6.07) is 0.515. The number of aryl methyl sites for hydroxylation is 2. The fraction of sp³-hybridized carbons (Fsp3) is 0.727. The van der Waals surface area contributed by atoms with Gasteiger partial charge in [-0.3, -0.25) is 4.68 Å². The molecule has 0 bridgehead atoms. The molecule has 86 valence electrons. The Kier molecular flexibility index (Phi) is 4.61. The van der Waals surface area contributed by atoms with E-state index in [1.807, 2.05) is 11.6 Å². The van der Waals surface area contributed by atoms with Crippen LogP contribution in [0.4, 0.5) is 0 Å². The van der Waals surface area contributed by atoms with E-state index in [0.29, 0.717) is 6.04 Å². The van der Waals surface area contributed by atoms with Crippen LogP contribution in [0.15, 0.2) is 0 Å². The first-order chi connectivity index (χ1) is 7.10. The third-order valence-corrected chi connectivity index (χ3v) is 3.17. The lowest BCUT2D eigenvalue weighted by Crippen LogP contribution is -2.26. The van der Waals surface area contributed by atoms with Crippen LogP contribution >= 0.6 is 11.6 Å². The van der Waals surface area contributed by atoms with Crippen molar-refractivity contribution in [2.75, 3.05) is 0 Å². The van der Waals surface area contributed by atoms with Crippen molar-refractivity contribution in [3.8, 4) is 0 Å². The van der Waals surface area contributed by atoms with E-state index in [9.17, 15) is 0 Å². The van der Waals surface area contributed by atoms with Crippen LogP contribution in [0.5, 0.6) is 0 Å². The first-order valence-electron chi connectivity index (χ1n) is 5.55. The summed E-state index contributed by atoms with van der Waals surface area (Å²) in [5.74, 6) is 0. The van der Waals surface area contributed by atoms with Gasteiger partial charge in [-0.25, -0.2) is 0 Å². The second kappa shape index (κ2) is 5.52. The molecule has 1 aromatic heterocycles. The van der Waals surface area contributed by atoms with E-state index < -0.39 is 0 Å². The first-order valence-corrected chi connectivity index (χ1v) is 5.93. The van der Waals surface area contributed by atoms with Gasteiger partial charge in [-0.15, -0.1) is 0 Å². The van der Waals surface area contributed by atoms with E-state index >= 15 is 0 Å². The van der Waals surface area contributed by atoms with E-state index in [1.165, 1.54) is 0 Å². The molecule has 0 aliphatic carbocycles. The fourth-order valence-electron chi connectivity index (χ4n) is 1.45. The number of rotatable bonds is 5. The van der Waals surface area contributed by atoms with Crippen LogP contribution in [0.25, 0.3) is 0 Å². The minimum Gasteiger partial charge on any atom is -0.309 e. The Morgan fingerprint density at radius 3 is 2.67 bits per heavy atom. The summed E-state index contributed by atoms with van der Waals surface area (Å²) in [6.07, 6.45) is 1.12. The predicted molar refractivity (Wildman–Crippen MR) is 64.2 cm³/mol. The number of aromatic nitrogens is 2. The number of halogens is 1. The zero-order valence-electron chi connectivity index (χ0n) is 9.97. The van der Waals surface area contributed by atoms with Gasteiger partial charge in [0, 0.05) is 19.1 Å². The summed E-state index contributed by atoms with van der Waals surface area (Å²) in [5.41, 5.74) is 2.01. The van der Waals surface area contributed by atoms with Gasteiger partial charge in [0.1, 0.15) is 0 Å². The van der Waals surface area contributed by atoms with Gasteiger partial charge in [0.2, 0.25) is 0 Å². The highest BCUT2D eigenvalue weighted by atomic mass is 35.5. The van der Waals surface area contributed by atoms with E-state index in [2.05, 4.69) is 31.2 Å². The van der Waals surface area contributed by atoms with Gasteiger partial charge < -0.3 is 5.32 Å². The van der Waals surface area contributed by atoms with E-state index in [-0.39, 0.29) is 0 Å². The number of hydrogen-bond donors (Lipinski definition) is 1. The first kappa shape index (κ1) is 12.5. The highest BCUT2D eigenvalue weighted by Crippen LogP contribution is 2.20. The maximum Gasteiger partial charge on any atom is 0.0860 e. The zero-order valence-corrected chi connectivity index (χ0v) is 10.7. The molecule has 0 saturated heterocycles. The van der Waals surface area contributed by atoms with Crippen molar-refractivity contribution in [3.63, 3.8) is 0 Å². The molecule has 0 aliphatic heterocycles. The Bertz CT molecular complexity index is 320. The molecule has 4 heteroatoms. The van der Waals surface area contributed by atoms with Crippen LogP contribution in [-0.2, 0) is 13.1 Å². The molecule has 1 atom stereocenters. The molecule has 0 fully saturated rings. The summed E-state index contributed by atoms with van der Waals surface area (Å²) in [6.45, 7) is 10.0. The molecule has 15 heavy (non-hydrogen) atoms. The Morgan fingerprint density at radius 1 is 1.47 bits per heavy atom. The Labute approximate surface area is 96.8 Å². The van der Waals surface area contributed by atoms with Gasteiger partial charge in [0.15, 0.2) is 0 Å². The molecule has 0 saturated carbocycles. The summed E-state index contributed by atoms with van der Waals surface area (Å²) in [5, 5.41) is 8.61. The fourth-order valence-corrected chi connectivity index (χ4v) is 1.66. The Balaban J connectivity index is 2.74. The molecule has 0 radical (unpaired) electrons. The third-order valence-electron chi connectivity index (χ3n) is 2.68. The van der Waals surface area contributed by atoms with Crippen molar-refractivity contribution in [1.82, 2.24) is 15.1 Å². The molecular formula is C11H20ClN3. The average Bonchev–Trinajstić information content (AvgIpc) is 2.52. The zero-order chi connectivity index (χ0) is 11.4. The van der Waals surface area contributed by atoms with Crippen LogP contribution in [0.2, 0.25) is 5.02 Å². The lowest BCUT2D eigenvalue weighted by Gasteiger charge is -2.12. The largest absolute Gasteiger partial charge is 0.309 e. The Morgan fingerprint density at radius 2 is 2.13 bits per heavy atom. The van der Waals surface area contributed by atoms with Gasteiger partial charge in [-0.2, -0.15) is 5.10 Å². The molecule has 1 aromatic rings. The average molecular weight is 230 g/mol. The van der Waals surface area contributed by atoms with Crippen LogP contribution in [0, 0.1) is 6.92 Å². The molecule has 1 N–H and O–H groups in total. The Hall–Kier alpha value is -0.540. The molecular weight excluding hydrogens is 210 g/mol. The monoisotopic (exact) mass is 229 g/mol. The number of nitrogens with one attached hydrogen (secondary N) is 1. The van der Waals surface area contributed by atoms with Crippen LogP contribution in [-0.4, -0.2) is 15.8 Å². The van der Waals surface area contributed by atoms with Crippen molar-refractivity contribution < 1.29 is 0 Å². The van der Waals surface area contributed by atoms with Crippen LogP contribution in [0.3, 0.4) is 0 Å². The van der Waals surface area contributed by atoms with Crippen molar-refractivity contribution in [3.05, 3.63) is 16.4 Å². The van der Waals surface area contributed by atoms with E-state index in [1.54, 1.807) is 0 Å². The van der Waals surface area contributed by atoms with Gasteiger partial charge in [0.05, 0.1) is 16.4 Å². The summed E-state index contributed by atoms with van der Waals surface area (Å²) in [7, 11) is 0. The molecule has 1 heterocycles. The van der Waals surface area contributed by atoms with E-state index in [0.717, 1.165) is 35.9 Å². The maximum atomic E-state index is 6.20. The summed E-state index contributed by atoms with van der Waals surface area (Å²) in [4.78, 5) is 0. The molecule has 0 spiro atoms. The molecule has 3 nitrogen and oxygen atoms in total. The smallest absolute Gasteiger partial charge is 0.0860 e. The van der Waals surface area contributed by atoms with Crippen LogP contribution in [0.1, 0.15) is 38.6 Å². The van der Waals surface area contributed by atoms with E-state index in [4.69, 9.17) is 11.6 Å². The van der Waals surface area contributed by atoms with Gasteiger partial charge in [-0.05, 0) is 27.2 Å². The normalized spacial score (nSPS) is 13.1. The lowest BCUT2D eigenvalue weighted by atomic mass is 10.2. The number of nitrogens with zero attached hydrogens (tertiary/aromatic N) is 2. The van der Waals surface area contributed by atoms with Crippen molar-refractivity contribution >= 4 is 11.6 Å². The van der Waals surface area contributed by atoms with Crippen molar-refractivity contribution in [2.45, 2.75) is 53.2 Å². The minimum absolute atomic E-state index is 0.515. The molecule has 0 aromatic carbocycles. The summed E-state index contributed by atoms with van der Waals surface area (Å²) < 4.78 is 1.97. The quantitative estimate of drug-likeness (QED) is 0.842. The van der Waals surface area contributed by atoms with Gasteiger partial charge in [0.25, 0.3) is 0 Å². The second-order valence-corrected chi connectivity index (χ2v) is 4.23. The maximum absolute atomic E-state index is 6.20. The third kappa shape index (κ3) is 2.95. The molecule has 1 rings (SSSR count). The lowest BCUT2D eigenvalue weighted by molar-refractivity contribution is 0.506. The standard InChI is InChI=1S/C11H20ClN3/c1-5-8(3)13-7-10-11(12)9(4)14-15(10)6-2/h8,13H,5-7H2,1-4H3. The van der Waals surface area contributed by atoms with Gasteiger partial charge in [-0.1, -0.05) is 18.5 Å². The SMILES string of the molecule is CCC(C)NCc1c(Cl)c(C)nn1CC. The molecule has 0 amide bonds. The molecule has 1 unspecified atom stereocenters. The summed E-state index contributed by atoms with van der Waals surface area (Å²) >= 11 is 6.20. The predicted octanol–water partition coefficient (Wildman–Crippen LogP) is 2.75. The van der Waals surface area contributed by atoms with Crippen molar-refractivity contribution in [2.24, 2.45) is 0 Å². The minimum atomic E-state index is 0.515. The van der Waals surface area contributed by atoms with Crippen LogP contribution < -0.4 is 5.32 Å². The molecule has 0 aliphatic rings. The number of hydrogen-bond acceptors (Lipinski definition) is 2. The van der Waals surface area contributed by atoms with Crippen molar-refractivity contribution in [1.29, 1.82) is 0 Å². The highest BCUT2D eigenvalue weighted by molar-refractivity contribution is 6.31. The second-order valence-electron chi connectivity index (χ2n) is 3.85. The topological polar surface area (TPSA) is 29.9 Å². The van der Waals surface area contributed by atoms with Gasteiger partial charge >= 0.3 is 0 Å².